The summed E-state index contributed by atoms with van der Waals surface area (Å²) in [6.07, 6.45) is 0.928. The van der Waals surface area contributed by atoms with Gasteiger partial charge in [0, 0.05) is 31.8 Å². The molecule has 0 unspecified atom stereocenters. The summed E-state index contributed by atoms with van der Waals surface area (Å²) in [6.45, 7) is 4.52. The lowest BCUT2D eigenvalue weighted by atomic mass is 10.2. The Bertz CT molecular complexity index is 438. The predicted octanol–water partition coefficient (Wildman–Crippen LogP) is 1.08. The van der Waals surface area contributed by atoms with Crippen molar-refractivity contribution >= 4 is 5.91 Å². The van der Waals surface area contributed by atoms with Gasteiger partial charge in [-0.3, -0.25) is 4.79 Å². The van der Waals surface area contributed by atoms with Crippen molar-refractivity contribution in [3.63, 3.8) is 0 Å². The average Bonchev–Trinajstić information content (AvgIpc) is 2.48. The second kappa shape index (κ2) is 10.0. The molecule has 1 aromatic rings. The summed E-state index contributed by atoms with van der Waals surface area (Å²) in [5, 5.41) is 3.23. The first-order valence-electron chi connectivity index (χ1n) is 7.03. The topological polar surface area (TPSA) is 82.8 Å². The largest absolute Gasteiger partial charge is 0.493 e. The van der Waals surface area contributed by atoms with Gasteiger partial charge in [-0.25, -0.2) is 0 Å². The first kappa shape index (κ1) is 17.3. The van der Waals surface area contributed by atoms with E-state index in [1.165, 1.54) is 0 Å². The fourth-order valence-corrected chi connectivity index (χ4v) is 1.67. The highest BCUT2D eigenvalue weighted by molar-refractivity contribution is 5.75. The summed E-state index contributed by atoms with van der Waals surface area (Å²) in [5.41, 5.74) is 6.06. The number of ether oxygens (including phenoxy) is 3. The molecule has 0 bridgehead atoms. The Morgan fingerprint density at radius 2 is 2.10 bits per heavy atom. The van der Waals surface area contributed by atoms with Gasteiger partial charge in [0.2, 0.25) is 0 Å². The molecule has 6 nitrogen and oxygen atoms in total. The molecule has 3 N–H and O–H groups in total. The summed E-state index contributed by atoms with van der Waals surface area (Å²) in [7, 11) is 1.66. The number of amides is 1. The number of hydrogen-bond donors (Lipinski definition) is 2. The molecule has 0 fully saturated rings. The Kier molecular flexibility index (Phi) is 8.23. The van der Waals surface area contributed by atoms with Crippen LogP contribution in [0.15, 0.2) is 18.2 Å². The molecule has 0 aromatic heterocycles. The van der Waals surface area contributed by atoms with Crippen LogP contribution in [0.2, 0.25) is 0 Å². The maximum atomic E-state index is 10.9. The summed E-state index contributed by atoms with van der Waals surface area (Å²) < 4.78 is 16.0. The number of carbonyl (C=O) groups excluding carboxylic acids is 1. The van der Waals surface area contributed by atoms with Crippen molar-refractivity contribution in [1.29, 1.82) is 0 Å². The minimum Gasteiger partial charge on any atom is -0.493 e. The highest BCUT2D eigenvalue weighted by Gasteiger charge is 2.07. The first-order chi connectivity index (χ1) is 10.2. The molecule has 0 spiro atoms. The van der Waals surface area contributed by atoms with Crippen LogP contribution in [0.25, 0.3) is 0 Å². The Hall–Kier alpha value is -1.79. The SMILES string of the molecule is CCCOc1ccc(CNCCOC)c(OCC(N)=O)c1. The maximum absolute atomic E-state index is 10.9. The molecular formula is C15H24N2O4. The molecule has 0 aliphatic rings. The molecule has 0 saturated heterocycles. The highest BCUT2D eigenvalue weighted by atomic mass is 16.5. The van der Waals surface area contributed by atoms with Crippen molar-refractivity contribution < 1.29 is 19.0 Å². The van der Waals surface area contributed by atoms with Crippen LogP contribution >= 0.6 is 0 Å². The Morgan fingerprint density at radius 1 is 1.29 bits per heavy atom. The summed E-state index contributed by atoms with van der Waals surface area (Å²) in [6, 6.07) is 5.59. The van der Waals surface area contributed by atoms with E-state index in [0.717, 1.165) is 24.3 Å². The lowest BCUT2D eigenvalue weighted by Crippen LogP contribution is -2.22. The fraction of sp³-hybridized carbons (Fsp3) is 0.533. The van der Waals surface area contributed by atoms with E-state index in [-0.39, 0.29) is 6.61 Å². The van der Waals surface area contributed by atoms with Crippen LogP contribution < -0.4 is 20.5 Å². The number of methoxy groups -OCH3 is 1. The highest BCUT2D eigenvalue weighted by Crippen LogP contribution is 2.25. The molecule has 1 aromatic carbocycles. The van der Waals surface area contributed by atoms with Gasteiger partial charge in [0.15, 0.2) is 6.61 Å². The Balaban J connectivity index is 2.70. The number of nitrogens with one attached hydrogen (secondary N) is 1. The molecule has 0 heterocycles. The van der Waals surface area contributed by atoms with Gasteiger partial charge in [-0.15, -0.1) is 0 Å². The van der Waals surface area contributed by atoms with Crippen molar-refractivity contribution in [2.45, 2.75) is 19.9 Å². The van der Waals surface area contributed by atoms with Gasteiger partial charge in [0.1, 0.15) is 11.5 Å². The molecule has 1 amide bonds. The van der Waals surface area contributed by atoms with Gasteiger partial charge in [0.25, 0.3) is 5.91 Å². The lowest BCUT2D eigenvalue weighted by molar-refractivity contribution is -0.119. The molecule has 21 heavy (non-hydrogen) atoms. The van der Waals surface area contributed by atoms with Crippen molar-refractivity contribution in [3.8, 4) is 11.5 Å². The molecule has 0 aliphatic heterocycles. The quantitative estimate of drug-likeness (QED) is 0.597. The Morgan fingerprint density at radius 3 is 2.76 bits per heavy atom. The van der Waals surface area contributed by atoms with E-state index in [4.69, 9.17) is 19.9 Å². The van der Waals surface area contributed by atoms with E-state index in [2.05, 4.69) is 5.32 Å². The van der Waals surface area contributed by atoms with Gasteiger partial charge in [-0.05, 0) is 12.5 Å². The second-order valence-corrected chi connectivity index (χ2v) is 4.54. The number of carbonyl (C=O) groups is 1. The third-order valence-electron chi connectivity index (χ3n) is 2.68. The molecule has 118 valence electrons. The van der Waals surface area contributed by atoms with Crippen LogP contribution in [0.4, 0.5) is 0 Å². The van der Waals surface area contributed by atoms with E-state index in [1.54, 1.807) is 13.2 Å². The minimum atomic E-state index is -0.506. The van der Waals surface area contributed by atoms with Crippen molar-refractivity contribution in [2.75, 3.05) is 33.5 Å². The van der Waals surface area contributed by atoms with E-state index < -0.39 is 5.91 Å². The first-order valence-corrected chi connectivity index (χ1v) is 7.03. The van der Waals surface area contributed by atoms with E-state index >= 15 is 0 Å². The standard InChI is InChI=1S/C15H24N2O4/c1-3-7-20-13-5-4-12(10-17-6-8-19-2)14(9-13)21-11-15(16)18/h4-5,9,17H,3,6-8,10-11H2,1-2H3,(H2,16,18). The molecule has 0 radical (unpaired) electrons. The number of rotatable bonds is 11. The third-order valence-corrected chi connectivity index (χ3v) is 2.68. The minimum absolute atomic E-state index is 0.150. The molecule has 0 aliphatic carbocycles. The predicted molar refractivity (Wildman–Crippen MR) is 80.5 cm³/mol. The van der Waals surface area contributed by atoms with Crippen molar-refractivity contribution in [2.24, 2.45) is 5.73 Å². The van der Waals surface area contributed by atoms with Gasteiger partial charge in [-0.2, -0.15) is 0 Å². The monoisotopic (exact) mass is 296 g/mol. The number of benzene rings is 1. The zero-order valence-corrected chi connectivity index (χ0v) is 12.7. The third kappa shape index (κ3) is 6.97. The smallest absolute Gasteiger partial charge is 0.255 e. The van der Waals surface area contributed by atoms with Crippen LogP contribution in [-0.4, -0.2) is 39.4 Å². The Labute approximate surface area is 125 Å². The zero-order valence-electron chi connectivity index (χ0n) is 12.7. The van der Waals surface area contributed by atoms with Crippen LogP contribution in [0.1, 0.15) is 18.9 Å². The van der Waals surface area contributed by atoms with Gasteiger partial charge in [0.05, 0.1) is 13.2 Å². The van der Waals surface area contributed by atoms with E-state index in [1.807, 2.05) is 19.1 Å². The number of nitrogens with two attached hydrogens (primary N) is 1. The molecule has 6 heteroatoms. The molecular weight excluding hydrogens is 272 g/mol. The second-order valence-electron chi connectivity index (χ2n) is 4.54. The maximum Gasteiger partial charge on any atom is 0.255 e. The van der Waals surface area contributed by atoms with Crippen LogP contribution in [0.5, 0.6) is 11.5 Å². The fourth-order valence-electron chi connectivity index (χ4n) is 1.67. The van der Waals surface area contributed by atoms with Crippen LogP contribution in [-0.2, 0) is 16.1 Å². The zero-order chi connectivity index (χ0) is 15.5. The number of hydrogen-bond acceptors (Lipinski definition) is 5. The van der Waals surface area contributed by atoms with Gasteiger partial charge < -0.3 is 25.3 Å². The van der Waals surface area contributed by atoms with E-state index in [9.17, 15) is 4.79 Å². The van der Waals surface area contributed by atoms with Crippen LogP contribution in [0, 0.1) is 0 Å². The van der Waals surface area contributed by atoms with Gasteiger partial charge in [-0.1, -0.05) is 13.0 Å². The van der Waals surface area contributed by atoms with E-state index in [0.29, 0.717) is 25.5 Å². The van der Waals surface area contributed by atoms with Crippen molar-refractivity contribution in [3.05, 3.63) is 23.8 Å². The molecule has 1 rings (SSSR count). The lowest BCUT2D eigenvalue weighted by Gasteiger charge is -2.13. The normalized spacial score (nSPS) is 10.4. The summed E-state index contributed by atoms with van der Waals surface area (Å²) >= 11 is 0. The summed E-state index contributed by atoms with van der Waals surface area (Å²) in [4.78, 5) is 10.9. The summed E-state index contributed by atoms with van der Waals surface area (Å²) in [5.74, 6) is 0.817. The average molecular weight is 296 g/mol. The molecule has 0 atom stereocenters. The molecule has 0 saturated carbocycles. The van der Waals surface area contributed by atoms with Crippen molar-refractivity contribution in [1.82, 2.24) is 5.32 Å². The van der Waals surface area contributed by atoms with Gasteiger partial charge >= 0.3 is 0 Å². The number of primary amides is 1. The van der Waals surface area contributed by atoms with Crippen LogP contribution in [0.3, 0.4) is 0 Å².